The lowest BCUT2D eigenvalue weighted by Gasteiger charge is -2.26. The Kier molecular flexibility index (Phi) is 8.79. The normalized spacial score (nSPS) is 12.6. The minimum atomic E-state index is -1.36. The quantitative estimate of drug-likeness (QED) is 0.235. The number of nitrogens with one attached hydrogen (secondary N) is 3. The van der Waals surface area contributed by atoms with Crippen LogP contribution in [-0.2, 0) is 14.3 Å². The Morgan fingerprint density at radius 1 is 1.03 bits per heavy atom. The standard InChI is InChI=1S/C23H26N4O6S/c1-14(24-22(34)25-19(28)16-8-6-5-7-9-16)21(30)33-18(20(29)26-23(2,3)4)15-10-12-17(13-11-15)27(31)32/h5-14,18H,1-4H3,(H,26,29)(H2,24,25,28,34). The molecule has 0 saturated heterocycles. The Labute approximate surface area is 202 Å². The topological polar surface area (TPSA) is 140 Å². The first-order valence-corrected chi connectivity index (χ1v) is 10.7. The van der Waals surface area contributed by atoms with Crippen molar-refractivity contribution >= 4 is 40.8 Å². The number of ether oxygens (including phenoxy) is 1. The van der Waals surface area contributed by atoms with E-state index >= 15 is 0 Å². The molecule has 2 aromatic carbocycles. The predicted molar refractivity (Wildman–Crippen MR) is 129 cm³/mol. The van der Waals surface area contributed by atoms with Gasteiger partial charge in [-0.1, -0.05) is 18.2 Å². The summed E-state index contributed by atoms with van der Waals surface area (Å²) in [6, 6.07) is 12.5. The SMILES string of the molecule is CC(NC(=S)NC(=O)c1ccccc1)C(=O)OC(C(=O)NC(C)(C)C)c1ccc([N+](=O)[O-])cc1. The summed E-state index contributed by atoms with van der Waals surface area (Å²) >= 11 is 5.10. The van der Waals surface area contributed by atoms with Gasteiger partial charge < -0.3 is 15.4 Å². The van der Waals surface area contributed by atoms with Crippen molar-refractivity contribution in [2.24, 2.45) is 0 Å². The van der Waals surface area contributed by atoms with Crippen LogP contribution in [0.15, 0.2) is 54.6 Å². The largest absolute Gasteiger partial charge is 0.446 e. The number of thiocarbonyl (C=S) groups is 1. The summed E-state index contributed by atoms with van der Waals surface area (Å²) in [5, 5.41) is 18.7. The first kappa shape index (κ1) is 26.4. The Balaban J connectivity index is 2.10. The average molecular weight is 487 g/mol. The number of hydrogen-bond donors (Lipinski definition) is 3. The van der Waals surface area contributed by atoms with Crippen molar-refractivity contribution in [3.8, 4) is 0 Å². The van der Waals surface area contributed by atoms with E-state index in [1.807, 2.05) is 0 Å². The molecule has 0 aromatic heterocycles. The molecule has 2 rings (SSSR count). The number of nitro groups is 1. The molecule has 10 nitrogen and oxygen atoms in total. The van der Waals surface area contributed by atoms with Gasteiger partial charge in [0.25, 0.3) is 17.5 Å². The van der Waals surface area contributed by atoms with Crippen LogP contribution in [0.5, 0.6) is 0 Å². The van der Waals surface area contributed by atoms with Gasteiger partial charge in [0.05, 0.1) is 4.92 Å². The fourth-order valence-corrected chi connectivity index (χ4v) is 3.02. The molecule has 0 saturated carbocycles. The van der Waals surface area contributed by atoms with Gasteiger partial charge in [0, 0.05) is 28.8 Å². The van der Waals surface area contributed by atoms with Crippen molar-refractivity contribution in [2.75, 3.05) is 0 Å². The van der Waals surface area contributed by atoms with Crippen LogP contribution in [0.25, 0.3) is 0 Å². The second-order valence-corrected chi connectivity index (χ2v) is 8.83. The van der Waals surface area contributed by atoms with Gasteiger partial charge in [0.2, 0.25) is 6.10 Å². The van der Waals surface area contributed by atoms with Gasteiger partial charge >= 0.3 is 5.97 Å². The highest BCUT2D eigenvalue weighted by Gasteiger charge is 2.30. The van der Waals surface area contributed by atoms with Crippen LogP contribution >= 0.6 is 12.2 Å². The molecular weight excluding hydrogens is 460 g/mol. The number of amides is 2. The lowest BCUT2D eigenvalue weighted by atomic mass is 10.0. The van der Waals surface area contributed by atoms with Crippen LogP contribution in [0.3, 0.4) is 0 Å². The van der Waals surface area contributed by atoms with Gasteiger partial charge in [0.15, 0.2) is 5.11 Å². The third-order valence-corrected chi connectivity index (χ3v) is 4.56. The molecule has 0 bridgehead atoms. The summed E-state index contributed by atoms with van der Waals surface area (Å²) in [5.41, 5.74) is -0.137. The van der Waals surface area contributed by atoms with Gasteiger partial charge in [-0.2, -0.15) is 0 Å². The molecule has 0 aliphatic carbocycles. The van der Waals surface area contributed by atoms with Crippen LogP contribution in [0.1, 0.15) is 49.7 Å². The number of non-ortho nitro benzene ring substituents is 1. The highest BCUT2D eigenvalue weighted by atomic mass is 32.1. The van der Waals surface area contributed by atoms with Crippen LogP contribution < -0.4 is 16.0 Å². The van der Waals surface area contributed by atoms with Gasteiger partial charge in [-0.3, -0.25) is 25.0 Å². The highest BCUT2D eigenvalue weighted by molar-refractivity contribution is 7.80. The Bertz CT molecular complexity index is 1070. The number of carbonyl (C=O) groups is 3. The summed E-state index contributed by atoms with van der Waals surface area (Å²) in [6.07, 6.45) is -1.36. The number of benzene rings is 2. The Morgan fingerprint density at radius 3 is 2.15 bits per heavy atom. The number of nitrogens with zero attached hydrogens (tertiary/aromatic N) is 1. The zero-order chi connectivity index (χ0) is 25.5. The summed E-state index contributed by atoms with van der Waals surface area (Å²) in [5.74, 6) is -1.86. The van der Waals surface area contributed by atoms with E-state index in [1.54, 1.807) is 51.1 Å². The number of rotatable bonds is 7. The lowest BCUT2D eigenvalue weighted by molar-refractivity contribution is -0.384. The number of nitro benzene ring substituents is 1. The lowest BCUT2D eigenvalue weighted by Crippen LogP contribution is -2.48. The van der Waals surface area contributed by atoms with E-state index in [4.69, 9.17) is 17.0 Å². The third-order valence-electron chi connectivity index (χ3n) is 4.34. The van der Waals surface area contributed by atoms with E-state index in [-0.39, 0.29) is 16.4 Å². The van der Waals surface area contributed by atoms with Crippen LogP contribution in [0.4, 0.5) is 5.69 Å². The zero-order valence-corrected chi connectivity index (χ0v) is 20.0. The van der Waals surface area contributed by atoms with Crippen molar-refractivity contribution < 1.29 is 24.0 Å². The smallest absolute Gasteiger partial charge is 0.329 e. The maximum Gasteiger partial charge on any atom is 0.329 e. The van der Waals surface area contributed by atoms with E-state index in [9.17, 15) is 24.5 Å². The molecule has 3 N–H and O–H groups in total. The summed E-state index contributed by atoms with van der Waals surface area (Å²) < 4.78 is 5.44. The summed E-state index contributed by atoms with van der Waals surface area (Å²) in [7, 11) is 0. The van der Waals surface area contributed by atoms with E-state index in [0.717, 1.165) is 0 Å². The van der Waals surface area contributed by atoms with Crippen molar-refractivity contribution in [1.82, 2.24) is 16.0 Å². The van der Waals surface area contributed by atoms with Crippen LogP contribution in [0, 0.1) is 10.1 Å². The number of hydrogen-bond acceptors (Lipinski definition) is 7. The molecule has 0 aliphatic rings. The molecule has 34 heavy (non-hydrogen) atoms. The molecule has 2 amide bonds. The third kappa shape index (κ3) is 7.93. The van der Waals surface area contributed by atoms with Crippen LogP contribution in [0.2, 0.25) is 0 Å². The van der Waals surface area contributed by atoms with Crippen molar-refractivity contribution in [1.29, 1.82) is 0 Å². The molecule has 2 atom stereocenters. The second-order valence-electron chi connectivity index (χ2n) is 8.42. The van der Waals surface area contributed by atoms with E-state index in [0.29, 0.717) is 5.56 Å². The van der Waals surface area contributed by atoms with Crippen molar-refractivity contribution in [3.05, 3.63) is 75.8 Å². The molecule has 2 aromatic rings. The Hall–Kier alpha value is -3.86. The first-order chi connectivity index (χ1) is 15.9. The van der Waals surface area contributed by atoms with E-state index in [1.165, 1.54) is 31.2 Å². The van der Waals surface area contributed by atoms with Crippen molar-refractivity contribution in [3.63, 3.8) is 0 Å². The molecule has 2 unspecified atom stereocenters. The zero-order valence-electron chi connectivity index (χ0n) is 19.2. The molecule has 180 valence electrons. The fourth-order valence-electron chi connectivity index (χ4n) is 2.75. The molecular formula is C23H26N4O6S. The second kappa shape index (κ2) is 11.3. The minimum absolute atomic E-state index is 0.0932. The molecule has 11 heteroatoms. The number of esters is 1. The molecule has 0 aliphatic heterocycles. The van der Waals surface area contributed by atoms with E-state index in [2.05, 4.69) is 16.0 Å². The van der Waals surface area contributed by atoms with Gasteiger partial charge in [-0.15, -0.1) is 0 Å². The first-order valence-electron chi connectivity index (χ1n) is 10.3. The monoisotopic (exact) mass is 486 g/mol. The molecule has 0 fully saturated rings. The number of carbonyl (C=O) groups excluding carboxylic acids is 3. The van der Waals surface area contributed by atoms with E-state index < -0.39 is 40.4 Å². The molecule has 0 heterocycles. The van der Waals surface area contributed by atoms with Gasteiger partial charge in [-0.05, 0) is 64.2 Å². The Morgan fingerprint density at radius 2 is 1.62 bits per heavy atom. The predicted octanol–water partition coefficient (Wildman–Crippen LogP) is 2.79. The molecule has 0 radical (unpaired) electrons. The van der Waals surface area contributed by atoms with Crippen molar-refractivity contribution in [2.45, 2.75) is 45.4 Å². The van der Waals surface area contributed by atoms with Gasteiger partial charge in [-0.25, -0.2) is 4.79 Å². The summed E-state index contributed by atoms with van der Waals surface area (Å²) in [6.45, 7) is 6.74. The summed E-state index contributed by atoms with van der Waals surface area (Å²) in [4.78, 5) is 48.1. The highest BCUT2D eigenvalue weighted by Crippen LogP contribution is 2.23. The maximum absolute atomic E-state index is 12.8. The fraction of sp³-hybridized carbons (Fsp3) is 0.304. The maximum atomic E-state index is 12.8. The van der Waals surface area contributed by atoms with Crippen LogP contribution in [-0.4, -0.2) is 39.4 Å². The average Bonchev–Trinajstić information content (AvgIpc) is 2.76. The molecule has 0 spiro atoms. The van der Waals surface area contributed by atoms with Gasteiger partial charge in [0.1, 0.15) is 6.04 Å². The minimum Gasteiger partial charge on any atom is -0.446 e.